The molecule has 0 aliphatic rings. The van der Waals surface area contributed by atoms with Crippen molar-refractivity contribution in [1.82, 2.24) is 9.62 Å². The molecule has 0 radical (unpaired) electrons. The number of benzene rings is 3. The molecule has 0 aromatic heterocycles. The quantitative estimate of drug-likeness (QED) is 0.437. The molecule has 0 heterocycles. The second kappa shape index (κ2) is 10.7. The second-order valence-electron chi connectivity index (χ2n) is 8.80. The molecule has 0 bridgehead atoms. The Morgan fingerprint density at radius 1 is 0.941 bits per heavy atom. The van der Waals surface area contributed by atoms with Crippen molar-refractivity contribution in [3.05, 3.63) is 99.1 Å². The van der Waals surface area contributed by atoms with Gasteiger partial charge in [-0.2, -0.15) is 4.31 Å². The first-order chi connectivity index (χ1) is 16.0. The monoisotopic (exact) mass is 498 g/mol. The Labute approximate surface area is 207 Å². The van der Waals surface area contributed by atoms with Gasteiger partial charge in [0.05, 0.1) is 17.5 Å². The van der Waals surface area contributed by atoms with Crippen LogP contribution in [0.3, 0.4) is 0 Å². The van der Waals surface area contributed by atoms with Gasteiger partial charge >= 0.3 is 0 Å². The van der Waals surface area contributed by atoms with Gasteiger partial charge in [0.15, 0.2) is 0 Å². The van der Waals surface area contributed by atoms with Crippen LogP contribution in [-0.4, -0.2) is 25.2 Å². The highest BCUT2D eigenvalue weighted by molar-refractivity contribution is 7.89. The van der Waals surface area contributed by atoms with Crippen molar-refractivity contribution >= 4 is 27.5 Å². The summed E-state index contributed by atoms with van der Waals surface area (Å²) >= 11 is 5.95. The Kier molecular flexibility index (Phi) is 8.18. The predicted octanol–water partition coefficient (Wildman–Crippen LogP) is 5.64. The molecule has 0 aliphatic carbocycles. The maximum atomic E-state index is 13.5. The van der Waals surface area contributed by atoms with Crippen LogP contribution in [0.1, 0.15) is 46.3 Å². The third-order valence-electron chi connectivity index (χ3n) is 5.94. The number of hydrogen-bond donors (Lipinski definition) is 1. The average Bonchev–Trinajstić information content (AvgIpc) is 2.76. The number of sulfonamides is 1. The van der Waals surface area contributed by atoms with E-state index in [0.29, 0.717) is 5.02 Å². The van der Waals surface area contributed by atoms with Crippen LogP contribution in [0, 0.1) is 27.7 Å². The third-order valence-corrected chi connectivity index (χ3v) is 8.00. The number of carbonyl (C=O) groups excluding carboxylic acids is 1. The van der Waals surface area contributed by atoms with E-state index >= 15 is 0 Å². The number of nitrogens with one attached hydrogen (secondary N) is 1. The highest BCUT2D eigenvalue weighted by Crippen LogP contribution is 2.23. The Morgan fingerprint density at radius 2 is 1.59 bits per heavy atom. The van der Waals surface area contributed by atoms with E-state index in [9.17, 15) is 13.2 Å². The van der Waals surface area contributed by atoms with Crippen molar-refractivity contribution in [2.75, 3.05) is 6.54 Å². The molecule has 1 amide bonds. The molecule has 1 atom stereocenters. The smallest absolute Gasteiger partial charge is 0.243 e. The molecule has 0 saturated heterocycles. The SMILES string of the molecule is Cc1cccc(CN(CC(=O)NC(C)c2cc(C)c(C)cc2C)S(=O)(=O)c2ccc(Cl)cc2)c1. The average molecular weight is 499 g/mol. The molecular formula is C27H31ClN2O3S. The van der Waals surface area contributed by atoms with Crippen LogP contribution in [0.4, 0.5) is 0 Å². The van der Waals surface area contributed by atoms with Gasteiger partial charge in [-0.05, 0) is 86.7 Å². The molecule has 1 N–H and O–H groups in total. The lowest BCUT2D eigenvalue weighted by Gasteiger charge is -2.24. The van der Waals surface area contributed by atoms with E-state index in [0.717, 1.165) is 27.8 Å². The number of hydrogen-bond acceptors (Lipinski definition) is 3. The normalized spacial score (nSPS) is 12.6. The van der Waals surface area contributed by atoms with Gasteiger partial charge in [0.2, 0.25) is 15.9 Å². The van der Waals surface area contributed by atoms with Crippen molar-refractivity contribution in [3.8, 4) is 0 Å². The maximum absolute atomic E-state index is 13.5. The van der Waals surface area contributed by atoms with Gasteiger partial charge in [-0.15, -0.1) is 0 Å². The van der Waals surface area contributed by atoms with Crippen LogP contribution < -0.4 is 5.32 Å². The van der Waals surface area contributed by atoms with E-state index < -0.39 is 10.0 Å². The van der Waals surface area contributed by atoms with Gasteiger partial charge in [-0.1, -0.05) is 53.6 Å². The first-order valence-electron chi connectivity index (χ1n) is 11.2. The van der Waals surface area contributed by atoms with Crippen LogP contribution >= 0.6 is 11.6 Å². The van der Waals surface area contributed by atoms with Crippen LogP contribution in [0.15, 0.2) is 65.6 Å². The molecule has 0 fully saturated rings. The summed E-state index contributed by atoms with van der Waals surface area (Å²) < 4.78 is 28.1. The first-order valence-corrected chi connectivity index (χ1v) is 13.0. The van der Waals surface area contributed by atoms with Gasteiger partial charge in [0.25, 0.3) is 0 Å². The molecule has 180 valence electrons. The number of nitrogens with zero attached hydrogens (tertiary/aromatic N) is 1. The van der Waals surface area contributed by atoms with Gasteiger partial charge in [0, 0.05) is 11.6 Å². The lowest BCUT2D eigenvalue weighted by molar-refractivity contribution is -0.122. The largest absolute Gasteiger partial charge is 0.348 e. The third kappa shape index (κ3) is 6.26. The first kappa shape index (κ1) is 25.9. The second-order valence-corrected chi connectivity index (χ2v) is 11.2. The van der Waals surface area contributed by atoms with E-state index in [2.05, 4.69) is 24.4 Å². The Bertz CT molecular complexity index is 1290. The van der Waals surface area contributed by atoms with Gasteiger partial charge < -0.3 is 5.32 Å². The lowest BCUT2D eigenvalue weighted by atomic mass is 9.96. The number of halogens is 1. The fourth-order valence-electron chi connectivity index (χ4n) is 3.97. The van der Waals surface area contributed by atoms with Crippen LogP contribution in [0.2, 0.25) is 5.02 Å². The highest BCUT2D eigenvalue weighted by atomic mass is 35.5. The molecule has 34 heavy (non-hydrogen) atoms. The van der Waals surface area contributed by atoms with E-state index in [1.807, 2.05) is 52.0 Å². The molecule has 1 unspecified atom stereocenters. The van der Waals surface area contributed by atoms with Crippen molar-refractivity contribution in [3.63, 3.8) is 0 Å². The van der Waals surface area contributed by atoms with Crippen LogP contribution in [-0.2, 0) is 21.4 Å². The van der Waals surface area contributed by atoms with Crippen molar-refractivity contribution < 1.29 is 13.2 Å². The molecule has 3 aromatic rings. The van der Waals surface area contributed by atoms with Crippen molar-refractivity contribution in [1.29, 1.82) is 0 Å². The number of amides is 1. The Balaban J connectivity index is 1.86. The number of rotatable bonds is 8. The maximum Gasteiger partial charge on any atom is 0.243 e. The van der Waals surface area contributed by atoms with E-state index in [1.54, 1.807) is 0 Å². The van der Waals surface area contributed by atoms with Gasteiger partial charge in [-0.25, -0.2) is 8.42 Å². The van der Waals surface area contributed by atoms with Gasteiger partial charge in [-0.3, -0.25) is 4.79 Å². The Morgan fingerprint density at radius 3 is 2.24 bits per heavy atom. The van der Waals surface area contributed by atoms with E-state index in [4.69, 9.17) is 11.6 Å². The highest BCUT2D eigenvalue weighted by Gasteiger charge is 2.27. The topological polar surface area (TPSA) is 66.5 Å². The number of aryl methyl sites for hydroxylation is 4. The zero-order valence-electron chi connectivity index (χ0n) is 20.2. The zero-order valence-corrected chi connectivity index (χ0v) is 21.8. The molecule has 0 saturated carbocycles. The summed E-state index contributed by atoms with van der Waals surface area (Å²) in [5.41, 5.74) is 6.27. The van der Waals surface area contributed by atoms with Gasteiger partial charge in [0.1, 0.15) is 0 Å². The number of carbonyl (C=O) groups is 1. The molecule has 3 rings (SSSR count). The minimum absolute atomic E-state index is 0.0805. The van der Waals surface area contributed by atoms with E-state index in [1.165, 1.54) is 34.1 Å². The molecular weight excluding hydrogens is 468 g/mol. The summed E-state index contributed by atoms with van der Waals surface area (Å²) in [7, 11) is -3.93. The van der Waals surface area contributed by atoms with Crippen LogP contribution in [0.5, 0.6) is 0 Å². The summed E-state index contributed by atoms with van der Waals surface area (Å²) in [5, 5.41) is 3.42. The summed E-state index contributed by atoms with van der Waals surface area (Å²) in [5.74, 6) is -0.365. The fraction of sp³-hybridized carbons (Fsp3) is 0.296. The molecule has 7 heteroatoms. The summed E-state index contributed by atoms with van der Waals surface area (Å²) in [6.07, 6.45) is 0. The molecule has 5 nitrogen and oxygen atoms in total. The van der Waals surface area contributed by atoms with Crippen molar-refractivity contribution in [2.24, 2.45) is 0 Å². The zero-order chi connectivity index (χ0) is 25.0. The summed E-state index contributed by atoms with van der Waals surface area (Å²) in [4.78, 5) is 13.1. The molecule has 0 aliphatic heterocycles. The van der Waals surface area contributed by atoms with Crippen molar-refractivity contribution in [2.45, 2.75) is 52.1 Å². The fourth-order valence-corrected chi connectivity index (χ4v) is 5.48. The lowest BCUT2D eigenvalue weighted by Crippen LogP contribution is -2.41. The van der Waals surface area contributed by atoms with Crippen LogP contribution in [0.25, 0.3) is 0 Å². The molecule has 0 spiro atoms. The summed E-state index contributed by atoms with van der Waals surface area (Å²) in [6.45, 7) is 9.74. The predicted molar refractivity (Wildman–Crippen MR) is 137 cm³/mol. The Hall–Kier alpha value is -2.67. The standard InChI is InChI=1S/C27H31ClN2O3S/c1-18-7-6-8-23(13-18)16-30(34(32,33)25-11-9-24(28)10-12-25)17-27(31)29-22(5)26-15-20(3)19(2)14-21(26)4/h6-15,22H,16-17H2,1-5H3,(H,29,31). The minimum Gasteiger partial charge on any atom is -0.348 e. The minimum atomic E-state index is -3.93. The summed E-state index contributed by atoms with van der Waals surface area (Å²) in [6, 6.07) is 17.5. The molecule has 3 aromatic carbocycles. The van der Waals surface area contributed by atoms with E-state index in [-0.39, 0.29) is 29.9 Å².